The molecule has 2 aromatic carbocycles. The van der Waals surface area contributed by atoms with Crippen molar-refractivity contribution in [1.82, 2.24) is 4.98 Å². The molecular weight excluding hydrogens is 368 g/mol. The lowest BCUT2D eigenvalue weighted by Crippen LogP contribution is -2.07. The molecule has 1 aromatic heterocycles. The number of halogens is 4. The van der Waals surface area contributed by atoms with Gasteiger partial charge in [-0.2, -0.15) is 13.2 Å². The van der Waals surface area contributed by atoms with Crippen LogP contribution in [0.1, 0.15) is 29.0 Å². The summed E-state index contributed by atoms with van der Waals surface area (Å²) in [4.78, 5) is 13.2. The third kappa shape index (κ3) is 3.63. The minimum atomic E-state index is -4.48. The van der Waals surface area contributed by atoms with Crippen molar-refractivity contribution in [2.24, 2.45) is 0 Å². The van der Waals surface area contributed by atoms with Gasteiger partial charge < -0.3 is 10.1 Å². The molecule has 2 N–H and O–H groups in total. The maximum Gasteiger partial charge on any atom is 0.416 e. The molecule has 9 heteroatoms. The van der Waals surface area contributed by atoms with Gasteiger partial charge in [-0.25, -0.2) is 4.39 Å². The number of H-pyrrole nitrogens is 1. The quantitative estimate of drug-likeness (QED) is 0.380. The summed E-state index contributed by atoms with van der Waals surface area (Å²) in [5, 5.41) is 20.8. The van der Waals surface area contributed by atoms with Gasteiger partial charge in [-0.15, -0.1) is 0 Å². The summed E-state index contributed by atoms with van der Waals surface area (Å²) < 4.78 is 52.2. The first kappa shape index (κ1) is 18.8. The Morgan fingerprint density at radius 1 is 1.19 bits per heavy atom. The Kier molecular flexibility index (Phi) is 4.88. The van der Waals surface area contributed by atoms with Gasteiger partial charge in [0.05, 0.1) is 16.6 Å². The van der Waals surface area contributed by atoms with E-state index in [2.05, 4.69) is 4.98 Å². The van der Waals surface area contributed by atoms with Gasteiger partial charge in [0, 0.05) is 24.1 Å². The number of aliphatic hydroxyl groups excluding tert-OH is 1. The number of benzene rings is 2. The highest BCUT2D eigenvalue weighted by molar-refractivity contribution is 5.91. The number of nitro groups is 1. The van der Waals surface area contributed by atoms with Crippen LogP contribution in [-0.4, -0.2) is 21.6 Å². The molecule has 0 radical (unpaired) electrons. The topological polar surface area (TPSA) is 79.2 Å². The molecule has 142 valence electrons. The van der Waals surface area contributed by atoms with E-state index in [1.54, 1.807) is 0 Å². The molecule has 0 aliphatic rings. The number of alkyl halides is 3. The van der Waals surface area contributed by atoms with Crippen molar-refractivity contribution in [3.8, 4) is 0 Å². The number of hydrogen-bond acceptors (Lipinski definition) is 3. The van der Waals surface area contributed by atoms with Gasteiger partial charge in [0.2, 0.25) is 0 Å². The molecule has 1 atom stereocenters. The second-order valence-corrected chi connectivity index (χ2v) is 6.03. The van der Waals surface area contributed by atoms with Crippen molar-refractivity contribution in [3.63, 3.8) is 0 Å². The van der Waals surface area contributed by atoms with Crippen LogP contribution in [0.25, 0.3) is 10.9 Å². The van der Waals surface area contributed by atoms with E-state index in [9.17, 15) is 32.8 Å². The fourth-order valence-electron chi connectivity index (χ4n) is 3.17. The summed E-state index contributed by atoms with van der Waals surface area (Å²) in [5.41, 5.74) is -0.196. The fraction of sp³-hybridized carbons (Fsp3) is 0.222. The monoisotopic (exact) mass is 382 g/mol. The molecule has 0 saturated carbocycles. The molecule has 1 heterocycles. The summed E-state index contributed by atoms with van der Waals surface area (Å²) in [6, 6.07) is 6.35. The predicted molar refractivity (Wildman–Crippen MR) is 89.9 cm³/mol. The molecular formula is C18H14F4N2O3. The second-order valence-electron chi connectivity index (χ2n) is 6.03. The van der Waals surface area contributed by atoms with Crippen LogP contribution in [0, 0.1) is 15.9 Å². The molecule has 0 aliphatic heterocycles. The molecule has 3 rings (SSSR count). The summed E-state index contributed by atoms with van der Waals surface area (Å²) in [6.45, 7) is -0.268. The van der Waals surface area contributed by atoms with Crippen LogP contribution in [0.15, 0.2) is 42.6 Å². The maximum absolute atomic E-state index is 13.9. The molecule has 27 heavy (non-hydrogen) atoms. The summed E-state index contributed by atoms with van der Waals surface area (Å²) in [7, 11) is 0. The number of hydrogen-bond donors (Lipinski definition) is 2. The van der Waals surface area contributed by atoms with Crippen LogP contribution < -0.4 is 0 Å². The third-order valence-electron chi connectivity index (χ3n) is 4.40. The number of nitrogens with one attached hydrogen (secondary N) is 1. The zero-order valence-corrected chi connectivity index (χ0v) is 13.8. The van der Waals surface area contributed by atoms with Crippen LogP contribution in [0.2, 0.25) is 0 Å². The first-order chi connectivity index (χ1) is 12.7. The number of nitrogens with zero attached hydrogens (tertiary/aromatic N) is 1. The van der Waals surface area contributed by atoms with Crippen LogP contribution in [-0.2, 0) is 6.18 Å². The second kappa shape index (κ2) is 6.99. The number of aliphatic hydroxyl groups is 1. The van der Waals surface area contributed by atoms with Gasteiger partial charge in [0.25, 0.3) is 5.69 Å². The first-order valence-corrected chi connectivity index (χ1v) is 7.95. The lowest BCUT2D eigenvalue weighted by atomic mass is 9.88. The molecule has 0 fully saturated rings. The number of nitro benzene ring substituents is 1. The average Bonchev–Trinajstić information content (AvgIpc) is 3.01. The largest absolute Gasteiger partial charge is 0.416 e. The predicted octanol–water partition coefficient (Wildman–Crippen LogP) is 4.75. The minimum Gasteiger partial charge on any atom is -0.396 e. The molecule has 0 aliphatic carbocycles. The van der Waals surface area contributed by atoms with Crippen molar-refractivity contribution in [3.05, 3.63) is 75.2 Å². The number of non-ortho nitro benzene ring substituents is 1. The summed E-state index contributed by atoms with van der Waals surface area (Å²) in [5.74, 6) is -1.36. The van der Waals surface area contributed by atoms with Gasteiger partial charge in [0.15, 0.2) is 0 Å². The zero-order valence-electron chi connectivity index (χ0n) is 13.8. The smallest absolute Gasteiger partial charge is 0.396 e. The zero-order chi connectivity index (χ0) is 19.8. The Morgan fingerprint density at radius 3 is 2.41 bits per heavy atom. The van der Waals surface area contributed by atoms with E-state index < -0.39 is 34.1 Å². The first-order valence-electron chi connectivity index (χ1n) is 7.95. The van der Waals surface area contributed by atoms with E-state index in [0.717, 1.165) is 24.3 Å². The molecule has 0 spiro atoms. The Morgan fingerprint density at radius 2 is 1.85 bits per heavy atom. The lowest BCUT2D eigenvalue weighted by Gasteiger charge is -2.17. The Labute approximate surface area is 150 Å². The highest BCUT2D eigenvalue weighted by Gasteiger charge is 2.30. The van der Waals surface area contributed by atoms with Crippen LogP contribution in [0.3, 0.4) is 0 Å². The fourth-order valence-corrected chi connectivity index (χ4v) is 3.17. The van der Waals surface area contributed by atoms with E-state index in [0.29, 0.717) is 11.1 Å². The maximum atomic E-state index is 13.9. The van der Waals surface area contributed by atoms with Crippen molar-refractivity contribution in [2.75, 3.05) is 6.61 Å². The van der Waals surface area contributed by atoms with Crippen molar-refractivity contribution in [2.45, 2.75) is 18.5 Å². The Bertz CT molecular complexity index is 981. The van der Waals surface area contributed by atoms with Crippen LogP contribution in [0.4, 0.5) is 23.2 Å². The highest BCUT2D eigenvalue weighted by Crippen LogP contribution is 2.38. The van der Waals surface area contributed by atoms with Crippen LogP contribution in [0.5, 0.6) is 0 Å². The molecule has 5 nitrogen and oxygen atoms in total. The standard InChI is InChI=1S/C18H14F4N2O3/c19-12-7-14-15(9-23-17(14)16(8-12)24(26)27)13(5-6-25)10-1-3-11(4-2-10)18(20,21)22/h1-4,7-9,13,23,25H,5-6H2. The number of rotatable bonds is 5. The number of aromatic amines is 1. The molecule has 1 unspecified atom stereocenters. The Balaban J connectivity index is 2.12. The lowest BCUT2D eigenvalue weighted by molar-refractivity contribution is -0.383. The van der Waals surface area contributed by atoms with Crippen molar-refractivity contribution < 1.29 is 27.6 Å². The molecule has 3 aromatic rings. The van der Waals surface area contributed by atoms with E-state index >= 15 is 0 Å². The van der Waals surface area contributed by atoms with Gasteiger partial charge in [-0.05, 0) is 35.7 Å². The van der Waals surface area contributed by atoms with E-state index in [1.807, 2.05) is 0 Å². The third-order valence-corrected chi connectivity index (χ3v) is 4.40. The minimum absolute atomic E-state index is 0.117. The van der Waals surface area contributed by atoms with E-state index in [-0.39, 0.29) is 23.9 Å². The molecule has 0 amide bonds. The Hall–Kier alpha value is -2.94. The molecule has 0 bridgehead atoms. The molecule has 0 saturated heterocycles. The van der Waals surface area contributed by atoms with Gasteiger partial charge >= 0.3 is 6.18 Å². The number of fused-ring (bicyclic) bond motifs is 1. The summed E-state index contributed by atoms with van der Waals surface area (Å²) in [6.07, 6.45) is -2.87. The summed E-state index contributed by atoms with van der Waals surface area (Å²) >= 11 is 0. The van der Waals surface area contributed by atoms with E-state index in [1.165, 1.54) is 18.3 Å². The van der Waals surface area contributed by atoms with Gasteiger partial charge in [-0.1, -0.05) is 12.1 Å². The van der Waals surface area contributed by atoms with Crippen molar-refractivity contribution in [1.29, 1.82) is 0 Å². The van der Waals surface area contributed by atoms with Crippen LogP contribution >= 0.6 is 0 Å². The average molecular weight is 382 g/mol. The van der Waals surface area contributed by atoms with Gasteiger partial charge in [-0.3, -0.25) is 10.1 Å². The SMILES string of the molecule is O=[N+]([O-])c1cc(F)cc2c(C(CCO)c3ccc(C(F)(F)F)cc3)c[nH]c12. The highest BCUT2D eigenvalue weighted by atomic mass is 19.4. The van der Waals surface area contributed by atoms with E-state index in [4.69, 9.17) is 0 Å². The number of aromatic nitrogens is 1. The van der Waals surface area contributed by atoms with Crippen molar-refractivity contribution >= 4 is 16.6 Å². The van der Waals surface area contributed by atoms with Gasteiger partial charge in [0.1, 0.15) is 11.3 Å². The normalized spacial score (nSPS) is 13.1.